The maximum Gasteiger partial charge on any atom is 0.220 e. The van der Waals surface area contributed by atoms with Crippen LogP contribution in [0.3, 0.4) is 0 Å². The Balaban J connectivity index is 1.83. The zero-order valence-corrected chi connectivity index (χ0v) is 11.4. The summed E-state index contributed by atoms with van der Waals surface area (Å²) < 4.78 is 1.98. The van der Waals surface area contributed by atoms with Gasteiger partial charge in [-0.15, -0.1) is 0 Å². The van der Waals surface area contributed by atoms with E-state index >= 15 is 0 Å². The molecule has 1 aliphatic heterocycles. The Bertz CT molecular complexity index is 409. The van der Waals surface area contributed by atoms with Crippen molar-refractivity contribution in [2.75, 3.05) is 6.54 Å². The van der Waals surface area contributed by atoms with E-state index < -0.39 is 0 Å². The smallest absolute Gasteiger partial charge is 0.220 e. The Morgan fingerprint density at radius 2 is 2.33 bits per heavy atom. The lowest BCUT2D eigenvalue weighted by molar-refractivity contribution is -0.122. The van der Waals surface area contributed by atoms with Gasteiger partial charge < -0.3 is 10.6 Å². The Morgan fingerprint density at radius 1 is 1.56 bits per heavy atom. The van der Waals surface area contributed by atoms with Crippen LogP contribution >= 0.6 is 0 Å². The summed E-state index contributed by atoms with van der Waals surface area (Å²) in [6.07, 6.45) is 5.52. The second kappa shape index (κ2) is 5.10. The normalized spacial score (nSPS) is 20.8. The van der Waals surface area contributed by atoms with Crippen LogP contribution in [-0.4, -0.2) is 28.3 Å². The van der Waals surface area contributed by atoms with E-state index in [1.807, 2.05) is 10.9 Å². The predicted molar refractivity (Wildman–Crippen MR) is 70.1 cm³/mol. The van der Waals surface area contributed by atoms with Crippen molar-refractivity contribution in [2.24, 2.45) is 0 Å². The molecule has 1 aliphatic rings. The van der Waals surface area contributed by atoms with Crippen LogP contribution in [-0.2, 0) is 16.9 Å². The van der Waals surface area contributed by atoms with Gasteiger partial charge in [-0.1, -0.05) is 0 Å². The van der Waals surface area contributed by atoms with Crippen molar-refractivity contribution in [2.45, 2.75) is 51.7 Å². The van der Waals surface area contributed by atoms with E-state index in [2.05, 4.69) is 42.7 Å². The third kappa shape index (κ3) is 3.32. The summed E-state index contributed by atoms with van der Waals surface area (Å²) in [5.41, 5.74) is 1.21. The van der Waals surface area contributed by atoms with Gasteiger partial charge in [0.2, 0.25) is 5.91 Å². The summed E-state index contributed by atoms with van der Waals surface area (Å²) in [7, 11) is 0. The first kappa shape index (κ1) is 13.1. The first-order chi connectivity index (χ1) is 8.45. The molecule has 0 saturated carbocycles. The van der Waals surface area contributed by atoms with E-state index in [1.165, 1.54) is 5.56 Å². The minimum atomic E-state index is 0.0249. The first-order valence-electron chi connectivity index (χ1n) is 6.49. The van der Waals surface area contributed by atoms with E-state index in [9.17, 15) is 4.79 Å². The highest BCUT2D eigenvalue weighted by atomic mass is 16.1. The van der Waals surface area contributed by atoms with Crippen LogP contribution in [0.2, 0.25) is 0 Å². The van der Waals surface area contributed by atoms with E-state index in [0.29, 0.717) is 12.5 Å². The molecule has 1 aromatic rings. The van der Waals surface area contributed by atoms with Crippen molar-refractivity contribution >= 4 is 5.91 Å². The molecule has 1 aromatic heterocycles. The first-order valence-corrected chi connectivity index (χ1v) is 6.49. The van der Waals surface area contributed by atoms with Gasteiger partial charge in [0, 0.05) is 37.3 Å². The summed E-state index contributed by atoms with van der Waals surface area (Å²) in [5.74, 6) is 0.161. The second-order valence-electron chi connectivity index (χ2n) is 5.88. The standard InChI is InChI=1S/C13H22N4O/c1-13(2,3)17-9-10(7-16-17)6-14-11-4-5-12(18)15-8-11/h7,9,11,14H,4-6,8H2,1-3H3,(H,15,18). The van der Waals surface area contributed by atoms with Crippen molar-refractivity contribution < 1.29 is 4.79 Å². The monoisotopic (exact) mass is 250 g/mol. The van der Waals surface area contributed by atoms with Crippen LogP contribution in [0.4, 0.5) is 0 Å². The maximum atomic E-state index is 11.0. The average Bonchev–Trinajstić information content (AvgIpc) is 2.77. The van der Waals surface area contributed by atoms with Gasteiger partial charge in [-0.3, -0.25) is 9.48 Å². The highest BCUT2D eigenvalue weighted by molar-refractivity contribution is 5.76. The third-order valence-electron chi connectivity index (χ3n) is 3.18. The van der Waals surface area contributed by atoms with E-state index in [4.69, 9.17) is 0 Å². The Morgan fingerprint density at radius 3 is 2.89 bits per heavy atom. The summed E-state index contributed by atoms with van der Waals surface area (Å²) in [5, 5.41) is 10.7. The van der Waals surface area contributed by atoms with Gasteiger partial charge in [0.25, 0.3) is 0 Å². The third-order valence-corrected chi connectivity index (χ3v) is 3.18. The molecule has 1 fully saturated rings. The molecule has 0 aromatic carbocycles. The van der Waals surface area contributed by atoms with Gasteiger partial charge in [-0.25, -0.2) is 0 Å². The van der Waals surface area contributed by atoms with Gasteiger partial charge in [0.05, 0.1) is 11.7 Å². The molecule has 1 unspecified atom stereocenters. The average molecular weight is 250 g/mol. The number of carbonyl (C=O) groups excluding carboxylic acids is 1. The topological polar surface area (TPSA) is 59.0 Å². The Hall–Kier alpha value is -1.36. The summed E-state index contributed by atoms with van der Waals surface area (Å²) in [6.45, 7) is 7.93. The van der Waals surface area contributed by atoms with Crippen LogP contribution in [0.5, 0.6) is 0 Å². The zero-order chi connectivity index (χ0) is 13.2. The number of nitrogens with zero attached hydrogens (tertiary/aromatic N) is 2. The molecule has 0 bridgehead atoms. The van der Waals surface area contributed by atoms with Gasteiger partial charge in [-0.05, 0) is 27.2 Å². The molecule has 1 saturated heterocycles. The lowest BCUT2D eigenvalue weighted by Gasteiger charge is -2.23. The fourth-order valence-electron chi connectivity index (χ4n) is 1.99. The van der Waals surface area contributed by atoms with Gasteiger partial charge in [-0.2, -0.15) is 5.10 Å². The minimum absolute atomic E-state index is 0.0249. The molecule has 0 spiro atoms. The van der Waals surface area contributed by atoms with Crippen molar-refractivity contribution in [3.63, 3.8) is 0 Å². The van der Waals surface area contributed by atoms with Gasteiger partial charge in [0.1, 0.15) is 0 Å². The molecular weight excluding hydrogens is 228 g/mol. The molecule has 0 aliphatic carbocycles. The molecule has 0 radical (unpaired) electrons. The van der Waals surface area contributed by atoms with Crippen LogP contribution in [0.15, 0.2) is 12.4 Å². The van der Waals surface area contributed by atoms with Crippen molar-refractivity contribution in [1.82, 2.24) is 20.4 Å². The molecule has 1 amide bonds. The lowest BCUT2D eigenvalue weighted by Crippen LogP contribution is -2.45. The van der Waals surface area contributed by atoms with E-state index in [1.54, 1.807) is 0 Å². The summed E-state index contributed by atoms with van der Waals surface area (Å²) >= 11 is 0. The van der Waals surface area contributed by atoms with E-state index in [-0.39, 0.29) is 11.4 Å². The predicted octanol–water partition coefficient (Wildman–Crippen LogP) is 1.01. The summed E-state index contributed by atoms with van der Waals surface area (Å²) in [4.78, 5) is 11.0. The Labute approximate surface area is 108 Å². The number of rotatable bonds is 3. The van der Waals surface area contributed by atoms with Crippen LogP contribution in [0.1, 0.15) is 39.2 Å². The lowest BCUT2D eigenvalue weighted by atomic mass is 10.1. The second-order valence-corrected chi connectivity index (χ2v) is 5.88. The maximum absolute atomic E-state index is 11.0. The number of hydrogen-bond acceptors (Lipinski definition) is 3. The number of nitrogens with one attached hydrogen (secondary N) is 2. The SMILES string of the molecule is CC(C)(C)n1cc(CNC2CCC(=O)NC2)cn1. The number of aromatic nitrogens is 2. The quantitative estimate of drug-likeness (QED) is 0.841. The fourth-order valence-corrected chi connectivity index (χ4v) is 1.99. The fraction of sp³-hybridized carbons (Fsp3) is 0.692. The molecule has 18 heavy (non-hydrogen) atoms. The van der Waals surface area contributed by atoms with E-state index in [0.717, 1.165) is 19.5 Å². The molecule has 2 rings (SSSR count). The molecular formula is C13H22N4O. The van der Waals surface area contributed by atoms with Crippen LogP contribution in [0.25, 0.3) is 0 Å². The number of amides is 1. The highest BCUT2D eigenvalue weighted by Gasteiger charge is 2.18. The van der Waals surface area contributed by atoms with Crippen molar-refractivity contribution in [3.05, 3.63) is 18.0 Å². The molecule has 5 nitrogen and oxygen atoms in total. The minimum Gasteiger partial charge on any atom is -0.355 e. The highest BCUT2D eigenvalue weighted by Crippen LogP contribution is 2.13. The van der Waals surface area contributed by atoms with Crippen LogP contribution in [0, 0.1) is 0 Å². The van der Waals surface area contributed by atoms with Crippen molar-refractivity contribution in [1.29, 1.82) is 0 Å². The Kier molecular flexibility index (Phi) is 3.71. The molecule has 1 atom stereocenters. The summed E-state index contributed by atoms with van der Waals surface area (Å²) in [6, 6.07) is 0.376. The number of piperidine rings is 1. The zero-order valence-electron chi connectivity index (χ0n) is 11.4. The van der Waals surface area contributed by atoms with Gasteiger partial charge in [0.15, 0.2) is 0 Å². The molecule has 2 heterocycles. The number of carbonyl (C=O) groups is 1. The molecule has 2 N–H and O–H groups in total. The van der Waals surface area contributed by atoms with Gasteiger partial charge >= 0.3 is 0 Å². The number of hydrogen-bond donors (Lipinski definition) is 2. The molecule has 100 valence electrons. The van der Waals surface area contributed by atoms with Crippen LogP contribution < -0.4 is 10.6 Å². The molecule has 5 heteroatoms. The van der Waals surface area contributed by atoms with Crippen molar-refractivity contribution in [3.8, 4) is 0 Å². The largest absolute Gasteiger partial charge is 0.355 e.